The van der Waals surface area contributed by atoms with Gasteiger partial charge in [-0.05, 0) is 17.3 Å². The van der Waals surface area contributed by atoms with Crippen molar-refractivity contribution in [2.75, 3.05) is 13.1 Å². The van der Waals surface area contributed by atoms with E-state index < -0.39 is 23.6 Å². The van der Waals surface area contributed by atoms with Crippen LogP contribution in [0.2, 0.25) is 0 Å². The van der Waals surface area contributed by atoms with Gasteiger partial charge in [-0.3, -0.25) is 9.59 Å². The molecule has 1 rings (SSSR count). The van der Waals surface area contributed by atoms with E-state index in [1.54, 1.807) is 18.7 Å². The van der Waals surface area contributed by atoms with Gasteiger partial charge in [0.1, 0.15) is 0 Å². The molecule has 1 amide bonds. The van der Waals surface area contributed by atoms with Crippen LogP contribution in [0.5, 0.6) is 0 Å². The van der Waals surface area contributed by atoms with Crippen molar-refractivity contribution < 1.29 is 24.9 Å². The number of aliphatic hydroxyl groups is 2. The van der Waals surface area contributed by atoms with Crippen molar-refractivity contribution in [1.82, 2.24) is 4.90 Å². The van der Waals surface area contributed by atoms with E-state index in [9.17, 15) is 19.8 Å². The summed E-state index contributed by atoms with van der Waals surface area (Å²) in [4.78, 5) is 24.8. The number of amides is 1. The van der Waals surface area contributed by atoms with Crippen molar-refractivity contribution in [1.29, 1.82) is 0 Å². The molecule has 0 spiro atoms. The Morgan fingerprint density at radius 1 is 1.19 bits per heavy atom. The lowest BCUT2D eigenvalue weighted by Gasteiger charge is -2.32. The monoisotopic (exact) mass is 301 g/mol. The highest BCUT2D eigenvalue weighted by atomic mass is 16.4. The summed E-state index contributed by atoms with van der Waals surface area (Å²) in [6.07, 6.45) is -1.35. The molecule has 122 valence electrons. The Hall–Kier alpha value is -1.14. The Kier molecular flexibility index (Phi) is 5.39. The van der Waals surface area contributed by atoms with Gasteiger partial charge in [0.2, 0.25) is 5.91 Å². The summed E-state index contributed by atoms with van der Waals surface area (Å²) in [5.41, 5.74) is -0.924. The quantitative estimate of drug-likeness (QED) is 0.715. The lowest BCUT2D eigenvalue weighted by Crippen LogP contribution is -2.42. The maximum absolute atomic E-state index is 12.4. The molecule has 1 aliphatic rings. The number of carboxylic acids is 1. The summed E-state index contributed by atoms with van der Waals surface area (Å²) in [6, 6.07) is 0. The fourth-order valence-corrected chi connectivity index (χ4v) is 2.88. The van der Waals surface area contributed by atoms with Crippen LogP contribution in [-0.4, -0.2) is 57.4 Å². The third-order valence-electron chi connectivity index (χ3n) is 3.84. The number of hydrogen-bond donors (Lipinski definition) is 3. The van der Waals surface area contributed by atoms with E-state index in [1.807, 2.05) is 13.8 Å². The highest BCUT2D eigenvalue weighted by Crippen LogP contribution is 2.31. The molecular formula is C15H27NO5. The standard InChI is InChI=1S/C15H27NO5/c1-14(2,7-13(20)21)6-12(19)16-8-11(18)10(17)5-15(3,4)9-16/h10-11,17-18H,5-9H2,1-4H3,(H,20,21)/t10-,11+/m0/s1. The fourth-order valence-electron chi connectivity index (χ4n) is 2.88. The molecule has 0 unspecified atom stereocenters. The lowest BCUT2D eigenvalue weighted by atomic mass is 9.84. The largest absolute Gasteiger partial charge is 0.481 e. The molecular weight excluding hydrogens is 274 g/mol. The summed E-state index contributed by atoms with van der Waals surface area (Å²) in [5, 5.41) is 28.7. The molecule has 0 saturated carbocycles. The van der Waals surface area contributed by atoms with Crippen LogP contribution in [0.4, 0.5) is 0 Å². The highest BCUT2D eigenvalue weighted by Gasteiger charge is 2.37. The molecule has 0 aromatic carbocycles. The number of carboxylic acid groups (broad SMARTS) is 1. The fraction of sp³-hybridized carbons (Fsp3) is 0.867. The predicted octanol–water partition coefficient (Wildman–Crippen LogP) is 0.858. The van der Waals surface area contributed by atoms with E-state index >= 15 is 0 Å². The smallest absolute Gasteiger partial charge is 0.303 e. The molecule has 0 aromatic heterocycles. The second kappa shape index (κ2) is 6.32. The molecule has 0 radical (unpaired) electrons. The molecule has 6 heteroatoms. The van der Waals surface area contributed by atoms with E-state index in [0.717, 1.165) is 0 Å². The molecule has 1 fully saturated rings. The van der Waals surface area contributed by atoms with E-state index in [4.69, 9.17) is 5.11 Å². The Labute approximate surface area is 125 Å². The van der Waals surface area contributed by atoms with Crippen molar-refractivity contribution >= 4 is 11.9 Å². The average molecular weight is 301 g/mol. The molecule has 6 nitrogen and oxygen atoms in total. The van der Waals surface area contributed by atoms with E-state index in [-0.39, 0.29) is 30.7 Å². The lowest BCUT2D eigenvalue weighted by molar-refractivity contribution is -0.141. The number of hydrogen-bond acceptors (Lipinski definition) is 4. The number of carbonyl (C=O) groups excluding carboxylic acids is 1. The molecule has 3 N–H and O–H groups in total. The number of likely N-dealkylation sites (tertiary alicyclic amines) is 1. The Bertz CT molecular complexity index is 405. The van der Waals surface area contributed by atoms with Gasteiger partial charge in [-0.2, -0.15) is 0 Å². The van der Waals surface area contributed by atoms with Crippen molar-refractivity contribution in [3.63, 3.8) is 0 Å². The van der Waals surface area contributed by atoms with Crippen molar-refractivity contribution in [2.24, 2.45) is 10.8 Å². The maximum atomic E-state index is 12.4. The molecule has 2 atom stereocenters. The minimum atomic E-state index is -0.960. The third-order valence-corrected chi connectivity index (χ3v) is 3.84. The van der Waals surface area contributed by atoms with Gasteiger partial charge >= 0.3 is 5.97 Å². The summed E-state index contributed by atoms with van der Waals surface area (Å²) >= 11 is 0. The Morgan fingerprint density at radius 2 is 1.76 bits per heavy atom. The second-order valence-corrected chi connectivity index (χ2v) is 7.69. The van der Waals surface area contributed by atoms with Gasteiger partial charge < -0.3 is 20.2 Å². The first kappa shape index (κ1) is 17.9. The first-order chi connectivity index (χ1) is 9.42. The van der Waals surface area contributed by atoms with Gasteiger partial charge in [-0.15, -0.1) is 0 Å². The summed E-state index contributed by atoms with van der Waals surface area (Å²) in [6.45, 7) is 7.91. The van der Waals surface area contributed by atoms with E-state index in [0.29, 0.717) is 13.0 Å². The van der Waals surface area contributed by atoms with Gasteiger partial charge in [-0.25, -0.2) is 0 Å². The van der Waals surface area contributed by atoms with Gasteiger partial charge in [0.25, 0.3) is 0 Å². The number of aliphatic hydroxyl groups excluding tert-OH is 2. The zero-order valence-electron chi connectivity index (χ0n) is 13.3. The van der Waals surface area contributed by atoms with Crippen molar-refractivity contribution in [2.45, 2.75) is 59.2 Å². The summed E-state index contributed by atoms with van der Waals surface area (Å²) < 4.78 is 0. The van der Waals surface area contributed by atoms with Crippen LogP contribution in [0.1, 0.15) is 47.0 Å². The molecule has 0 aromatic rings. The van der Waals surface area contributed by atoms with Crippen LogP contribution in [0.3, 0.4) is 0 Å². The van der Waals surface area contributed by atoms with Crippen molar-refractivity contribution in [3.8, 4) is 0 Å². The van der Waals surface area contributed by atoms with Crippen LogP contribution in [-0.2, 0) is 9.59 Å². The van der Waals surface area contributed by atoms with Crippen LogP contribution in [0.15, 0.2) is 0 Å². The van der Waals surface area contributed by atoms with Crippen LogP contribution in [0.25, 0.3) is 0 Å². The Morgan fingerprint density at radius 3 is 2.29 bits per heavy atom. The molecule has 1 saturated heterocycles. The predicted molar refractivity (Wildman–Crippen MR) is 77.6 cm³/mol. The number of nitrogens with zero attached hydrogens (tertiary/aromatic N) is 1. The first-order valence-electron chi connectivity index (χ1n) is 7.28. The van der Waals surface area contributed by atoms with Crippen LogP contribution < -0.4 is 0 Å². The van der Waals surface area contributed by atoms with Crippen molar-refractivity contribution in [3.05, 3.63) is 0 Å². The molecule has 21 heavy (non-hydrogen) atoms. The highest BCUT2D eigenvalue weighted by molar-refractivity contribution is 5.78. The van der Waals surface area contributed by atoms with Gasteiger partial charge in [0, 0.05) is 19.5 Å². The van der Waals surface area contributed by atoms with Gasteiger partial charge in [-0.1, -0.05) is 27.7 Å². The minimum absolute atomic E-state index is 0.0822. The SMILES string of the molecule is CC(C)(CC(=O)O)CC(=O)N1C[C@@H](O)[C@@H](O)CC(C)(C)C1. The van der Waals surface area contributed by atoms with Gasteiger partial charge in [0.15, 0.2) is 0 Å². The number of β-amino-alcohol motifs (C(OH)–C–C–N with tert-alkyl or cyclic N) is 1. The van der Waals surface area contributed by atoms with Crippen LogP contribution in [0, 0.1) is 10.8 Å². The average Bonchev–Trinajstić information content (AvgIpc) is 2.32. The van der Waals surface area contributed by atoms with E-state index in [2.05, 4.69) is 0 Å². The second-order valence-electron chi connectivity index (χ2n) is 7.69. The summed E-state index contributed by atoms with van der Waals surface area (Å²) in [7, 11) is 0. The van der Waals surface area contributed by atoms with Gasteiger partial charge in [0.05, 0.1) is 18.6 Å². The topological polar surface area (TPSA) is 98.1 Å². The number of rotatable bonds is 4. The molecule has 0 bridgehead atoms. The number of carbonyl (C=O) groups is 2. The minimum Gasteiger partial charge on any atom is -0.481 e. The molecule has 1 heterocycles. The normalized spacial score (nSPS) is 26.3. The zero-order chi connectivity index (χ0) is 16.4. The van der Waals surface area contributed by atoms with Crippen LogP contribution >= 0.6 is 0 Å². The Balaban J connectivity index is 2.78. The molecule has 0 aliphatic carbocycles. The third kappa shape index (κ3) is 5.63. The number of aliphatic carboxylic acids is 1. The zero-order valence-corrected chi connectivity index (χ0v) is 13.3. The molecule has 1 aliphatic heterocycles. The van der Waals surface area contributed by atoms with E-state index in [1.165, 1.54) is 0 Å². The maximum Gasteiger partial charge on any atom is 0.303 e. The first-order valence-corrected chi connectivity index (χ1v) is 7.28. The summed E-state index contributed by atoms with van der Waals surface area (Å²) in [5.74, 6) is -1.11.